The van der Waals surface area contributed by atoms with Crippen LogP contribution in [0.4, 0.5) is 10.1 Å². The van der Waals surface area contributed by atoms with Gasteiger partial charge in [-0.1, -0.05) is 13.0 Å². The molecule has 1 amide bonds. The molecule has 1 aliphatic rings. The number of carbonyl (C=O) groups is 1. The highest BCUT2D eigenvalue weighted by Gasteiger charge is 2.22. The van der Waals surface area contributed by atoms with E-state index in [2.05, 4.69) is 16.0 Å². The molecule has 0 saturated carbocycles. The van der Waals surface area contributed by atoms with Gasteiger partial charge in [-0.2, -0.15) is 5.10 Å². The minimum absolute atomic E-state index is 0.0279. The molecule has 0 unspecified atom stereocenters. The molecule has 6 heteroatoms. The van der Waals surface area contributed by atoms with Crippen molar-refractivity contribution in [3.8, 4) is 0 Å². The Hall–Kier alpha value is -1.95. The number of hydrogen-bond acceptors (Lipinski definition) is 4. The van der Waals surface area contributed by atoms with Crippen molar-refractivity contribution in [1.29, 1.82) is 0 Å². The number of amides is 1. The fourth-order valence-corrected chi connectivity index (χ4v) is 1.79. The normalized spacial score (nSPS) is 19.6. The topological polar surface area (TPSA) is 79.5 Å². The first kappa shape index (κ1) is 11.5. The summed E-state index contributed by atoms with van der Waals surface area (Å²) in [5.41, 5.74) is 6.20. The first-order chi connectivity index (χ1) is 8.11. The van der Waals surface area contributed by atoms with E-state index in [0.29, 0.717) is 17.7 Å². The Kier molecular flexibility index (Phi) is 3.06. The summed E-state index contributed by atoms with van der Waals surface area (Å²) < 4.78 is 13.5. The summed E-state index contributed by atoms with van der Waals surface area (Å²) in [6, 6.07) is 4.60. The molecule has 1 atom stereocenters. The van der Waals surface area contributed by atoms with Gasteiger partial charge in [0.25, 0.3) is 0 Å². The first-order valence-electron chi connectivity index (χ1n) is 5.24. The number of rotatable bonds is 2. The van der Waals surface area contributed by atoms with Gasteiger partial charge >= 0.3 is 0 Å². The third-order valence-electron chi connectivity index (χ3n) is 2.68. The van der Waals surface area contributed by atoms with Crippen LogP contribution in [0.25, 0.3) is 0 Å². The maximum absolute atomic E-state index is 13.5. The summed E-state index contributed by atoms with van der Waals surface area (Å²) in [5, 5.41) is 3.96. The lowest BCUT2D eigenvalue weighted by Crippen LogP contribution is -2.32. The first-order valence-corrected chi connectivity index (χ1v) is 5.24. The van der Waals surface area contributed by atoms with E-state index < -0.39 is 5.82 Å². The van der Waals surface area contributed by atoms with Crippen LogP contribution in [0.3, 0.4) is 0 Å². The summed E-state index contributed by atoms with van der Waals surface area (Å²) in [6.07, 6.45) is 0.358. The molecule has 90 valence electrons. The molecule has 5 nitrogen and oxygen atoms in total. The van der Waals surface area contributed by atoms with Crippen LogP contribution in [-0.4, -0.2) is 11.6 Å². The van der Waals surface area contributed by atoms with Crippen molar-refractivity contribution in [2.45, 2.75) is 13.3 Å². The number of hydrazine groups is 1. The van der Waals surface area contributed by atoms with Gasteiger partial charge in [0.2, 0.25) is 5.91 Å². The summed E-state index contributed by atoms with van der Waals surface area (Å²) in [5.74, 6) is 4.55. The molecule has 0 fully saturated rings. The number of hydrogen-bond donors (Lipinski definition) is 3. The van der Waals surface area contributed by atoms with Crippen molar-refractivity contribution in [1.82, 2.24) is 5.43 Å². The number of benzene rings is 1. The van der Waals surface area contributed by atoms with E-state index in [1.165, 1.54) is 12.1 Å². The Bertz CT molecular complexity index is 486. The Morgan fingerprint density at radius 2 is 2.35 bits per heavy atom. The number of carbonyl (C=O) groups excluding carboxylic acids is 1. The SMILES string of the molecule is C[C@@H]1CC(=O)NN=C1c1ccc(NN)c(F)c1. The molecule has 1 aromatic carbocycles. The summed E-state index contributed by atoms with van der Waals surface area (Å²) in [4.78, 5) is 11.1. The highest BCUT2D eigenvalue weighted by molar-refractivity contribution is 6.05. The molecule has 0 radical (unpaired) electrons. The lowest BCUT2D eigenvalue weighted by Gasteiger charge is -2.19. The quantitative estimate of drug-likeness (QED) is 0.529. The molecule has 0 saturated heterocycles. The monoisotopic (exact) mass is 236 g/mol. The molecule has 0 bridgehead atoms. The molecule has 4 N–H and O–H groups in total. The number of nitrogens with one attached hydrogen (secondary N) is 2. The fraction of sp³-hybridized carbons (Fsp3) is 0.273. The van der Waals surface area contributed by atoms with Crippen LogP contribution in [0, 0.1) is 11.7 Å². The average molecular weight is 236 g/mol. The number of halogens is 1. The van der Waals surface area contributed by atoms with E-state index in [1.54, 1.807) is 6.07 Å². The van der Waals surface area contributed by atoms with Gasteiger partial charge in [-0.15, -0.1) is 0 Å². The molecule has 0 spiro atoms. The molecule has 17 heavy (non-hydrogen) atoms. The number of nitrogens with zero attached hydrogens (tertiary/aromatic N) is 1. The zero-order chi connectivity index (χ0) is 12.4. The molecule has 0 aliphatic carbocycles. The summed E-state index contributed by atoms with van der Waals surface area (Å²) in [7, 11) is 0. The van der Waals surface area contributed by atoms with Crippen molar-refractivity contribution in [3.63, 3.8) is 0 Å². The van der Waals surface area contributed by atoms with Gasteiger partial charge in [-0.05, 0) is 12.1 Å². The zero-order valence-corrected chi connectivity index (χ0v) is 9.33. The van der Waals surface area contributed by atoms with E-state index >= 15 is 0 Å². The average Bonchev–Trinajstić information content (AvgIpc) is 2.29. The Morgan fingerprint density at radius 1 is 1.59 bits per heavy atom. The van der Waals surface area contributed by atoms with E-state index in [0.717, 1.165) is 0 Å². The van der Waals surface area contributed by atoms with Crippen molar-refractivity contribution >= 4 is 17.3 Å². The minimum atomic E-state index is -0.447. The maximum Gasteiger partial charge on any atom is 0.240 e. The van der Waals surface area contributed by atoms with E-state index in [-0.39, 0.29) is 17.5 Å². The second kappa shape index (κ2) is 4.50. The van der Waals surface area contributed by atoms with Crippen LogP contribution in [-0.2, 0) is 4.79 Å². The van der Waals surface area contributed by atoms with Gasteiger partial charge < -0.3 is 5.43 Å². The van der Waals surface area contributed by atoms with Crippen molar-refractivity contribution < 1.29 is 9.18 Å². The van der Waals surface area contributed by atoms with Crippen LogP contribution < -0.4 is 16.7 Å². The smallest absolute Gasteiger partial charge is 0.240 e. The van der Waals surface area contributed by atoms with Crippen molar-refractivity contribution in [2.75, 3.05) is 5.43 Å². The molecular formula is C11H13FN4O. The lowest BCUT2D eigenvalue weighted by atomic mass is 9.94. The molecule has 1 aliphatic heterocycles. The number of anilines is 1. The van der Waals surface area contributed by atoms with E-state index in [1.807, 2.05) is 6.92 Å². The number of nitrogens with two attached hydrogens (primary N) is 1. The Labute approximate surface area is 97.9 Å². The highest BCUT2D eigenvalue weighted by atomic mass is 19.1. The molecular weight excluding hydrogens is 223 g/mol. The van der Waals surface area contributed by atoms with Gasteiger partial charge in [-0.3, -0.25) is 10.6 Å². The number of hydrazone groups is 1. The number of nitrogen functional groups attached to an aromatic ring is 1. The van der Waals surface area contributed by atoms with Crippen molar-refractivity contribution in [2.24, 2.45) is 16.9 Å². The van der Waals surface area contributed by atoms with Crippen LogP contribution >= 0.6 is 0 Å². The second-order valence-corrected chi connectivity index (χ2v) is 3.98. The predicted molar refractivity (Wildman–Crippen MR) is 62.7 cm³/mol. The van der Waals surface area contributed by atoms with Crippen LogP contribution in [0.1, 0.15) is 18.9 Å². The van der Waals surface area contributed by atoms with E-state index in [4.69, 9.17) is 5.84 Å². The van der Waals surface area contributed by atoms with Gasteiger partial charge in [0.15, 0.2) is 0 Å². The van der Waals surface area contributed by atoms with Gasteiger partial charge in [0.05, 0.1) is 11.4 Å². The standard InChI is InChI=1S/C11H13FN4O/c1-6-4-10(17)15-16-11(6)7-2-3-9(14-13)8(12)5-7/h2-3,5-6,14H,4,13H2,1H3,(H,15,17)/t6-/m1/s1. The van der Waals surface area contributed by atoms with Gasteiger partial charge in [-0.25, -0.2) is 9.82 Å². The fourth-order valence-electron chi connectivity index (χ4n) is 1.79. The van der Waals surface area contributed by atoms with Crippen molar-refractivity contribution in [3.05, 3.63) is 29.6 Å². The van der Waals surface area contributed by atoms with Crippen LogP contribution in [0.5, 0.6) is 0 Å². The zero-order valence-electron chi connectivity index (χ0n) is 9.33. The minimum Gasteiger partial charge on any atom is -0.321 e. The van der Waals surface area contributed by atoms with Gasteiger partial charge in [0, 0.05) is 17.9 Å². The predicted octanol–water partition coefficient (Wildman–Crippen LogP) is 0.971. The van der Waals surface area contributed by atoms with Crippen LogP contribution in [0.2, 0.25) is 0 Å². The third-order valence-corrected chi connectivity index (χ3v) is 2.68. The Balaban J connectivity index is 2.34. The van der Waals surface area contributed by atoms with Crippen LogP contribution in [0.15, 0.2) is 23.3 Å². The Morgan fingerprint density at radius 3 is 2.94 bits per heavy atom. The molecule has 0 aromatic heterocycles. The second-order valence-electron chi connectivity index (χ2n) is 3.98. The third kappa shape index (κ3) is 2.26. The van der Waals surface area contributed by atoms with Gasteiger partial charge in [0.1, 0.15) is 5.82 Å². The molecule has 1 aromatic rings. The highest BCUT2D eigenvalue weighted by Crippen LogP contribution is 2.20. The lowest BCUT2D eigenvalue weighted by molar-refractivity contribution is -0.121. The molecule has 2 rings (SSSR count). The van der Waals surface area contributed by atoms with E-state index in [9.17, 15) is 9.18 Å². The summed E-state index contributed by atoms with van der Waals surface area (Å²) in [6.45, 7) is 1.88. The molecule has 1 heterocycles. The summed E-state index contributed by atoms with van der Waals surface area (Å²) >= 11 is 0. The maximum atomic E-state index is 13.5. The largest absolute Gasteiger partial charge is 0.321 e.